The molecule has 0 spiro atoms. The number of nitrogens with zero attached hydrogens (tertiary/aromatic N) is 2. The van der Waals surface area contributed by atoms with Crippen LogP contribution in [0.15, 0.2) is 36.7 Å². The fraction of sp³-hybridized carbons (Fsp3) is 0.357. The molecular weight excluding hydrogens is 224 g/mol. The van der Waals surface area contributed by atoms with E-state index in [2.05, 4.69) is 46.2 Å². The molecule has 4 heteroatoms. The Morgan fingerprint density at radius 2 is 2.33 bits per heavy atom. The summed E-state index contributed by atoms with van der Waals surface area (Å²) in [5.74, 6) is 7.21. The van der Waals surface area contributed by atoms with Gasteiger partial charge in [0, 0.05) is 24.9 Å². The van der Waals surface area contributed by atoms with E-state index in [1.54, 1.807) is 0 Å². The number of hydrazine groups is 1. The van der Waals surface area contributed by atoms with E-state index in [4.69, 9.17) is 5.84 Å². The third-order valence-corrected chi connectivity index (χ3v) is 3.84. The van der Waals surface area contributed by atoms with E-state index in [-0.39, 0.29) is 6.04 Å². The second kappa shape index (κ2) is 4.55. The van der Waals surface area contributed by atoms with Crippen LogP contribution in [0.5, 0.6) is 0 Å². The van der Waals surface area contributed by atoms with E-state index >= 15 is 0 Å². The summed E-state index contributed by atoms with van der Waals surface area (Å²) in [6.45, 7) is 3.04. The highest BCUT2D eigenvalue weighted by molar-refractivity contribution is 5.41. The number of rotatable bonds is 4. The molecule has 4 nitrogen and oxygen atoms in total. The third kappa shape index (κ3) is 1.65. The highest BCUT2D eigenvalue weighted by Crippen LogP contribution is 2.42. The summed E-state index contributed by atoms with van der Waals surface area (Å²) in [5, 5.41) is 0. The van der Waals surface area contributed by atoms with Gasteiger partial charge in [-0.3, -0.25) is 5.84 Å². The van der Waals surface area contributed by atoms with Crippen molar-refractivity contribution < 1.29 is 0 Å². The van der Waals surface area contributed by atoms with Gasteiger partial charge in [-0.05, 0) is 24.5 Å². The molecule has 0 saturated carbocycles. The molecule has 94 valence electrons. The van der Waals surface area contributed by atoms with Crippen molar-refractivity contribution in [3.8, 4) is 0 Å². The van der Waals surface area contributed by atoms with Crippen molar-refractivity contribution in [1.82, 2.24) is 15.0 Å². The molecule has 1 aliphatic carbocycles. The summed E-state index contributed by atoms with van der Waals surface area (Å²) in [4.78, 5) is 4.45. The number of nitrogens with two attached hydrogens (primary N) is 1. The molecule has 2 atom stereocenters. The maximum absolute atomic E-state index is 5.75. The van der Waals surface area contributed by atoms with Crippen LogP contribution in [0, 0.1) is 0 Å². The van der Waals surface area contributed by atoms with Gasteiger partial charge in [-0.2, -0.15) is 0 Å². The molecular formula is C14H18N4. The molecule has 1 heterocycles. The van der Waals surface area contributed by atoms with Crippen LogP contribution in [-0.2, 0) is 13.0 Å². The average Bonchev–Trinajstić information content (AvgIpc) is 2.84. The van der Waals surface area contributed by atoms with Crippen LogP contribution in [0.2, 0.25) is 0 Å². The minimum atomic E-state index is 0.0925. The van der Waals surface area contributed by atoms with Crippen molar-refractivity contribution >= 4 is 0 Å². The first kappa shape index (κ1) is 11.4. The first-order chi connectivity index (χ1) is 8.85. The predicted octanol–water partition coefficient (Wildman–Crippen LogP) is 1.75. The van der Waals surface area contributed by atoms with E-state index < -0.39 is 0 Å². The molecule has 0 aliphatic heterocycles. The largest absolute Gasteiger partial charge is 0.334 e. The SMILES string of the molecule is CCn1ccnc1C(NN)C1Cc2ccccc21. The predicted molar refractivity (Wildman–Crippen MR) is 70.9 cm³/mol. The molecule has 18 heavy (non-hydrogen) atoms. The molecule has 2 unspecified atom stereocenters. The van der Waals surface area contributed by atoms with Crippen LogP contribution in [0.25, 0.3) is 0 Å². The molecule has 3 N–H and O–H groups in total. The first-order valence-electron chi connectivity index (χ1n) is 6.40. The highest BCUT2D eigenvalue weighted by Gasteiger charge is 2.35. The monoisotopic (exact) mass is 242 g/mol. The van der Waals surface area contributed by atoms with Gasteiger partial charge in [-0.1, -0.05) is 24.3 Å². The minimum absolute atomic E-state index is 0.0925. The number of fused-ring (bicyclic) bond motifs is 1. The second-order valence-electron chi connectivity index (χ2n) is 4.73. The summed E-state index contributed by atoms with van der Waals surface area (Å²) < 4.78 is 2.14. The van der Waals surface area contributed by atoms with Crippen molar-refractivity contribution in [3.05, 3.63) is 53.6 Å². The Morgan fingerprint density at radius 1 is 1.50 bits per heavy atom. The standard InChI is InChI=1S/C14H18N4/c1-2-18-8-7-16-14(18)13(17-15)12-9-10-5-3-4-6-11(10)12/h3-8,12-13,17H,2,9,15H2,1H3. The van der Waals surface area contributed by atoms with Crippen LogP contribution in [0.3, 0.4) is 0 Å². The third-order valence-electron chi connectivity index (χ3n) is 3.84. The van der Waals surface area contributed by atoms with Gasteiger partial charge >= 0.3 is 0 Å². The Hall–Kier alpha value is -1.65. The number of aromatic nitrogens is 2. The van der Waals surface area contributed by atoms with E-state index in [0.717, 1.165) is 18.8 Å². The van der Waals surface area contributed by atoms with Crippen LogP contribution in [-0.4, -0.2) is 9.55 Å². The topological polar surface area (TPSA) is 55.9 Å². The van der Waals surface area contributed by atoms with Crippen LogP contribution in [0.4, 0.5) is 0 Å². The first-order valence-corrected chi connectivity index (χ1v) is 6.40. The summed E-state index contributed by atoms with van der Waals surface area (Å²) in [5.41, 5.74) is 5.76. The Balaban J connectivity index is 1.92. The lowest BCUT2D eigenvalue weighted by Crippen LogP contribution is -2.38. The van der Waals surface area contributed by atoms with Crippen LogP contribution < -0.4 is 11.3 Å². The van der Waals surface area contributed by atoms with E-state index in [1.807, 2.05) is 12.4 Å². The Kier molecular flexibility index (Phi) is 2.89. The van der Waals surface area contributed by atoms with Gasteiger partial charge in [0.1, 0.15) is 5.82 Å². The normalized spacial score (nSPS) is 19.1. The van der Waals surface area contributed by atoms with Gasteiger partial charge < -0.3 is 4.57 Å². The van der Waals surface area contributed by atoms with Crippen molar-refractivity contribution in [3.63, 3.8) is 0 Å². The Bertz CT molecular complexity index is 546. The van der Waals surface area contributed by atoms with Crippen molar-refractivity contribution in [1.29, 1.82) is 0 Å². The summed E-state index contributed by atoms with van der Waals surface area (Å²) in [7, 11) is 0. The maximum atomic E-state index is 5.75. The summed E-state index contributed by atoms with van der Waals surface area (Å²) in [6, 6.07) is 8.64. The van der Waals surface area contributed by atoms with Gasteiger partial charge in [0.2, 0.25) is 0 Å². The maximum Gasteiger partial charge on any atom is 0.127 e. The van der Waals surface area contributed by atoms with E-state index in [0.29, 0.717) is 5.92 Å². The minimum Gasteiger partial charge on any atom is -0.334 e. The fourth-order valence-corrected chi connectivity index (χ4v) is 2.83. The zero-order valence-electron chi connectivity index (χ0n) is 10.5. The molecule has 0 radical (unpaired) electrons. The number of hydrogen-bond acceptors (Lipinski definition) is 3. The second-order valence-corrected chi connectivity index (χ2v) is 4.73. The lowest BCUT2D eigenvalue weighted by Gasteiger charge is -2.36. The summed E-state index contributed by atoms with van der Waals surface area (Å²) >= 11 is 0. The van der Waals surface area contributed by atoms with Gasteiger partial charge in [0.15, 0.2) is 0 Å². The number of nitrogens with one attached hydrogen (secondary N) is 1. The number of imidazole rings is 1. The molecule has 0 amide bonds. The van der Waals surface area contributed by atoms with Crippen molar-refractivity contribution in [2.45, 2.75) is 31.8 Å². The zero-order valence-corrected chi connectivity index (χ0v) is 10.5. The van der Waals surface area contributed by atoms with Gasteiger partial charge in [0.05, 0.1) is 6.04 Å². The Labute approximate surface area is 107 Å². The van der Waals surface area contributed by atoms with Crippen molar-refractivity contribution in [2.24, 2.45) is 5.84 Å². The molecule has 1 aromatic carbocycles. The number of benzene rings is 1. The quantitative estimate of drug-likeness (QED) is 0.634. The molecule has 0 bridgehead atoms. The lowest BCUT2D eigenvalue weighted by atomic mass is 9.73. The van der Waals surface area contributed by atoms with Crippen LogP contribution in [0.1, 0.15) is 35.8 Å². The smallest absolute Gasteiger partial charge is 0.127 e. The molecule has 3 rings (SSSR count). The lowest BCUT2D eigenvalue weighted by molar-refractivity contribution is 0.389. The van der Waals surface area contributed by atoms with Crippen LogP contribution >= 0.6 is 0 Å². The van der Waals surface area contributed by atoms with Crippen molar-refractivity contribution in [2.75, 3.05) is 0 Å². The van der Waals surface area contributed by atoms with E-state index in [9.17, 15) is 0 Å². The van der Waals surface area contributed by atoms with Gasteiger partial charge in [0.25, 0.3) is 0 Å². The van der Waals surface area contributed by atoms with Gasteiger partial charge in [-0.25, -0.2) is 10.4 Å². The zero-order chi connectivity index (χ0) is 12.5. The molecule has 1 aromatic heterocycles. The van der Waals surface area contributed by atoms with Gasteiger partial charge in [-0.15, -0.1) is 0 Å². The molecule has 1 aliphatic rings. The average molecular weight is 242 g/mol. The number of hydrogen-bond donors (Lipinski definition) is 2. The summed E-state index contributed by atoms with van der Waals surface area (Å²) in [6.07, 6.45) is 4.92. The molecule has 2 aromatic rings. The van der Waals surface area contributed by atoms with E-state index in [1.165, 1.54) is 11.1 Å². The Morgan fingerprint density at radius 3 is 3.06 bits per heavy atom. The highest BCUT2D eigenvalue weighted by atomic mass is 15.3. The fourth-order valence-electron chi connectivity index (χ4n) is 2.83. The number of aryl methyl sites for hydroxylation is 1. The molecule has 0 saturated heterocycles. The molecule has 0 fully saturated rings.